The molecule has 1 aromatic heterocycles. The number of aromatic nitrogens is 2. The predicted molar refractivity (Wildman–Crippen MR) is 72.0 cm³/mol. The van der Waals surface area contributed by atoms with Crippen molar-refractivity contribution in [2.75, 3.05) is 7.11 Å². The van der Waals surface area contributed by atoms with Crippen LogP contribution < -0.4 is 4.74 Å². The number of rotatable bonds is 4. The van der Waals surface area contributed by atoms with Crippen LogP contribution in [0.25, 0.3) is 0 Å². The molecule has 6 heteroatoms. The van der Waals surface area contributed by atoms with E-state index in [9.17, 15) is 9.18 Å². The monoisotopic (exact) mass is 326 g/mol. The van der Waals surface area contributed by atoms with Gasteiger partial charge in [-0.1, -0.05) is 6.07 Å². The van der Waals surface area contributed by atoms with Crippen LogP contribution in [0.2, 0.25) is 0 Å². The van der Waals surface area contributed by atoms with Crippen molar-refractivity contribution >= 4 is 21.7 Å². The number of benzene rings is 1. The van der Waals surface area contributed by atoms with Gasteiger partial charge in [0.15, 0.2) is 11.4 Å². The first-order chi connectivity index (χ1) is 9.10. The van der Waals surface area contributed by atoms with Crippen molar-refractivity contribution in [2.45, 2.75) is 13.5 Å². The molecule has 0 aliphatic heterocycles. The van der Waals surface area contributed by atoms with Gasteiger partial charge in [0.05, 0.1) is 18.9 Å². The molecule has 100 valence electrons. The molecule has 0 aliphatic carbocycles. The van der Waals surface area contributed by atoms with Gasteiger partial charge in [-0.2, -0.15) is 5.10 Å². The molecule has 2 rings (SSSR count). The second kappa shape index (κ2) is 5.52. The lowest BCUT2D eigenvalue weighted by Gasteiger charge is -2.08. The standard InChI is InChI=1S/C13H12BrFN2O2/c1-3-17-12(10(19-2)7-16-17)13(18)11-8(14)5-4-6-9(11)15/h4-7H,3H2,1-2H3. The van der Waals surface area contributed by atoms with E-state index in [4.69, 9.17) is 4.74 Å². The van der Waals surface area contributed by atoms with Crippen LogP contribution in [-0.2, 0) is 6.54 Å². The van der Waals surface area contributed by atoms with Crippen molar-refractivity contribution in [2.24, 2.45) is 0 Å². The Morgan fingerprint density at radius 2 is 2.26 bits per heavy atom. The number of methoxy groups -OCH3 is 1. The van der Waals surface area contributed by atoms with Gasteiger partial charge in [-0.25, -0.2) is 4.39 Å². The highest BCUT2D eigenvalue weighted by molar-refractivity contribution is 9.10. The van der Waals surface area contributed by atoms with Gasteiger partial charge in [-0.15, -0.1) is 0 Å². The molecule has 0 unspecified atom stereocenters. The number of hydrogen-bond acceptors (Lipinski definition) is 3. The fraction of sp³-hybridized carbons (Fsp3) is 0.231. The first-order valence-corrected chi connectivity index (χ1v) is 6.48. The van der Waals surface area contributed by atoms with Crippen molar-refractivity contribution in [3.8, 4) is 5.75 Å². The molecule has 0 bridgehead atoms. The minimum atomic E-state index is -0.578. The zero-order chi connectivity index (χ0) is 14.0. The summed E-state index contributed by atoms with van der Waals surface area (Å²) in [5.41, 5.74) is 0.229. The Labute approximate surface area is 118 Å². The Kier molecular flexibility index (Phi) is 3.99. The molecule has 0 fully saturated rings. The second-order valence-electron chi connectivity index (χ2n) is 3.80. The smallest absolute Gasteiger partial charge is 0.218 e. The van der Waals surface area contributed by atoms with E-state index >= 15 is 0 Å². The van der Waals surface area contributed by atoms with E-state index in [0.29, 0.717) is 16.8 Å². The minimum Gasteiger partial charge on any atom is -0.493 e. The van der Waals surface area contributed by atoms with E-state index in [0.717, 1.165) is 0 Å². The molecular weight excluding hydrogens is 315 g/mol. The van der Waals surface area contributed by atoms with Crippen LogP contribution in [0.3, 0.4) is 0 Å². The quantitative estimate of drug-likeness (QED) is 0.811. The fourth-order valence-electron chi connectivity index (χ4n) is 1.82. The van der Waals surface area contributed by atoms with Crippen molar-refractivity contribution < 1.29 is 13.9 Å². The van der Waals surface area contributed by atoms with Gasteiger partial charge in [0.1, 0.15) is 5.82 Å². The van der Waals surface area contributed by atoms with Gasteiger partial charge in [-0.3, -0.25) is 9.48 Å². The molecule has 0 N–H and O–H groups in total. The van der Waals surface area contributed by atoms with Crippen LogP contribution in [-0.4, -0.2) is 22.7 Å². The van der Waals surface area contributed by atoms with Crippen LogP contribution in [0.5, 0.6) is 5.75 Å². The lowest BCUT2D eigenvalue weighted by molar-refractivity contribution is 0.102. The SMILES string of the molecule is CCn1ncc(OC)c1C(=O)c1c(F)cccc1Br. The molecule has 0 spiro atoms. The zero-order valence-corrected chi connectivity index (χ0v) is 12.1. The van der Waals surface area contributed by atoms with E-state index < -0.39 is 11.6 Å². The second-order valence-corrected chi connectivity index (χ2v) is 4.66. The molecule has 4 nitrogen and oxygen atoms in total. The number of carbonyl (C=O) groups excluding carboxylic acids is 1. The number of ketones is 1. The topological polar surface area (TPSA) is 44.1 Å². The lowest BCUT2D eigenvalue weighted by atomic mass is 10.1. The molecule has 0 saturated heterocycles. The highest BCUT2D eigenvalue weighted by Crippen LogP contribution is 2.27. The van der Waals surface area contributed by atoms with Crippen molar-refractivity contribution in [3.05, 3.63) is 45.9 Å². The normalized spacial score (nSPS) is 10.5. The molecule has 0 atom stereocenters. The molecule has 2 aromatic rings. The average Bonchev–Trinajstić information content (AvgIpc) is 2.81. The molecule has 19 heavy (non-hydrogen) atoms. The Morgan fingerprint density at radius 1 is 1.53 bits per heavy atom. The summed E-state index contributed by atoms with van der Waals surface area (Å²) in [5.74, 6) is -0.701. The minimum absolute atomic E-state index is 0.0176. The maximum Gasteiger partial charge on any atom is 0.218 e. The van der Waals surface area contributed by atoms with E-state index in [2.05, 4.69) is 21.0 Å². The summed E-state index contributed by atoms with van der Waals surface area (Å²) >= 11 is 3.19. The number of ether oxygens (including phenoxy) is 1. The predicted octanol–water partition coefficient (Wildman–Crippen LogP) is 3.04. The number of aryl methyl sites for hydroxylation is 1. The number of carbonyl (C=O) groups is 1. The first kappa shape index (κ1) is 13.7. The number of halogens is 2. The summed E-state index contributed by atoms with van der Waals surface area (Å²) in [4.78, 5) is 12.5. The summed E-state index contributed by atoms with van der Waals surface area (Å²) in [6.07, 6.45) is 1.45. The average molecular weight is 327 g/mol. The zero-order valence-electron chi connectivity index (χ0n) is 10.5. The highest BCUT2D eigenvalue weighted by atomic mass is 79.9. The molecule has 0 aliphatic rings. The molecular formula is C13H12BrFN2O2. The maximum atomic E-state index is 13.8. The van der Waals surface area contributed by atoms with Crippen molar-refractivity contribution in [1.29, 1.82) is 0 Å². The van der Waals surface area contributed by atoms with Crippen LogP contribution in [0.15, 0.2) is 28.9 Å². The highest BCUT2D eigenvalue weighted by Gasteiger charge is 2.24. The molecule has 0 radical (unpaired) electrons. The summed E-state index contributed by atoms with van der Waals surface area (Å²) < 4.78 is 20.8. The molecule has 0 saturated carbocycles. The van der Waals surface area contributed by atoms with Crippen molar-refractivity contribution in [1.82, 2.24) is 9.78 Å². The maximum absolute atomic E-state index is 13.8. The first-order valence-electron chi connectivity index (χ1n) is 5.68. The van der Waals surface area contributed by atoms with E-state index in [1.165, 1.54) is 30.1 Å². The largest absolute Gasteiger partial charge is 0.493 e. The van der Waals surface area contributed by atoms with Crippen LogP contribution in [0, 0.1) is 5.82 Å². The summed E-state index contributed by atoms with van der Waals surface area (Å²) in [5, 5.41) is 4.04. The number of nitrogens with zero attached hydrogens (tertiary/aromatic N) is 2. The van der Waals surface area contributed by atoms with Gasteiger partial charge in [0, 0.05) is 11.0 Å². The van der Waals surface area contributed by atoms with Gasteiger partial charge in [0.25, 0.3) is 0 Å². The Bertz CT molecular complexity index is 583. The Balaban J connectivity index is 2.59. The third-order valence-electron chi connectivity index (χ3n) is 2.73. The van der Waals surface area contributed by atoms with Crippen molar-refractivity contribution in [3.63, 3.8) is 0 Å². The van der Waals surface area contributed by atoms with Crippen LogP contribution in [0.4, 0.5) is 4.39 Å². The van der Waals surface area contributed by atoms with Gasteiger partial charge < -0.3 is 4.74 Å². The fourth-order valence-corrected chi connectivity index (χ4v) is 2.34. The van der Waals surface area contributed by atoms with Crippen LogP contribution in [0.1, 0.15) is 23.0 Å². The van der Waals surface area contributed by atoms with E-state index in [1.54, 1.807) is 6.07 Å². The summed E-state index contributed by atoms with van der Waals surface area (Å²) in [6.45, 7) is 2.34. The summed E-state index contributed by atoms with van der Waals surface area (Å²) in [7, 11) is 1.45. The molecule has 1 heterocycles. The van der Waals surface area contributed by atoms with E-state index in [1.807, 2.05) is 6.92 Å². The molecule has 1 aromatic carbocycles. The number of hydrogen-bond donors (Lipinski definition) is 0. The Morgan fingerprint density at radius 3 is 2.84 bits per heavy atom. The van der Waals surface area contributed by atoms with Gasteiger partial charge in [-0.05, 0) is 35.0 Å². The third kappa shape index (κ3) is 2.40. The summed E-state index contributed by atoms with van der Waals surface area (Å²) in [6, 6.07) is 4.40. The lowest BCUT2D eigenvalue weighted by Crippen LogP contribution is -2.13. The third-order valence-corrected chi connectivity index (χ3v) is 3.39. The van der Waals surface area contributed by atoms with Gasteiger partial charge >= 0.3 is 0 Å². The van der Waals surface area contributed by atoms with E-state index in [-0.39, 0.29) is 11.3 Å². The van der Waals surface area contributed by atoms with Crippen LogP contribution >= 0.6 is 15.9 Å². The van der Waals surface area contributed by atoms with Gasteiger partial charge in [0.2, 0.25) is 5.78 Å². The Hall–Kier alpha value is -1.69. The molecule has 0 amide bonds.